The molecular formula is C20H24N4O2. The Morgan fingerprint density at radius 2 is 2.04 bits per heavy atom. The molecule has 136 valence electrons. The Balaban J connectivity index is 1.66. The van der Waals surface area contributed by atoms with Crippen LogP contribution in [0.2, 0.25) is 0 Å². The van der Waals surface area contributed by atoms with Crippen LogP contribution in [0, 0.1) is 0 Å². The quantitative estimate of drug-likeness (QED) is 0.701. The number of pyridine rings is 1. The predicted octanol–water partition coefficient (Wildman–Crippen LogP) is 1.29. The molecule has 1 aliphatic rings. The van der Waals surface area contributed by atoms with Crippen molar-refractivity contribution in [3.8, 4) is 0 Å². The van der Waals surface area contributed by atoms with Crippen molar-refractivity contribution in [2.45, 2.75) is 31.3 Å². The highest BCUT2D eigenvalue weighted by Crippen LogP contribution is 2.06. The van der Waals surface area contributed by atoms with Crippen LogP contribution in [0.25, 0.3) is 0 Å². The van der Waals surface area contributed by atoms with Gasteiger partial charge in [0.1, 0.15) is 6.04 Å². The predicted molar refractivity (Wildman–Crippen MR) is 99.7 cm³/mol. The molecule has 2 aromatic rings. The van der Waals surface area contributed by atoms with E-state index < -0.39 is 6.04 Å². The average Bonchev–Trinajstić information content (AvgIpc) is 3.20. The summed E-state index contributed by atoms with van der Waals surface area (Å²) in [4.78, 5) is 29.3. The highest BCUT2D eigenvalue weighted by molar-refractivity contribution is 5.97. The monoisotopic (exact) mass is 352 g/mol. The minimum atomic E-state index is -0.645. The van der Waals surface area contributed by atoms with Crippen LogP contribution in [0.15, 0.2) is 54.9 Å². The van der Waals surface area contributed by atoms with Crippen molar-refractivity contribution in [1.29, 1.82) is 0 Å². The van der Waals surface area contributed by atoms with Crippen molar-refractivity contribution in [3.63, 3.8) is 0 Å². The van der Waals surface area contributed by atoms with Crippen LogP contribution in [0.4, 0.5) is 0 Å². The molecule has 1 aromatic heterocycles. The van der Waals surface area contributed by atoms with Gasteiger partial charge >= 0.3 is 0 Å². The summed E-state index contributed by atoms with van der Waals surface area (Å²) in [5.41, 5.74) is 1.44. The zero-order valence-electron chi connectivity index (χ0n) is 14.7. The van der Waals surface area contributed by atoms with Crippen LogP contribution in [-0.4, -0.2) is 42.0 Å². The number of amides is 2. The molecule has 2 unspecified atom stereocenters. The van der Waals surface area contributed by atoms with Crippen molar-refractivity contribution < 1.29 is 9.59 Å². The molecule has 26 heavy (non-hydrogen) atoms. The smallest absolute Gasteiger partial charge is 0.251 e. The highest BCUT2D eigenvalue weighted by Gasteiger charge is 2.23. The summed E-state index contributed by atoms with van der Waals surface area (Å²) in [5, 5.41) is 9.18. The molecule has 1 aromatic carbocycles. The molecule has 3 N–H and O–H groups in total. The van der Waals surface area contributed by atoms with Gasteiger partial charge in [0.2, 0.25) is 5.91 Å². The van der Waals surface area contributed by atoms with Gasteiger partial charge in [-0.1, -0.05) is 24.3 Å². The maximum absolute atomic E-state index is 12.7. The Morgan fingerprint density at radius 3 is 2.73 bits per heavy atom. The maximum atomic E-state index is 12.7. The van der Waals surface area contributed by atoms with Gasteiger partial charge in [0.05, 0.1) is 0 Å². The molecular weight excluding hydrogens is 328 g/mol. The molecule has 0 spiro atoms. The Bertz CT molecular complexity index is 715. The lowest BCUT2D eigenvalue weighted by molar-refractivity contribution is -0.123. The Hall–Kier alpha value is -2.73. The summed E-state index contributed by atoms with van der Waals surface area (Å²) < 4.78 is 0. The number of carbonyl (C=O) groups excluding carboxylic acids is 2. The van der Waals surface area contributed by atoms with Gasteiger partial charge < -0.3 is 16.0 Å². The SMILES string of the molecule is O=C(NC(Cc1cccnc1)C(=O)NCC1CCCN1)c1ccccc1. The minimum Gasteiger partial charge on any atom is -0.353 e. The first kappa shape index (κ1) is 18.1. The largest absolute Gasteiger partial charge is 0.353 e. The number of nitrogens with zero attached hydrogens (tertiary/aromatic N) is 1. The van der Waals surface area contributed by atoms with Crippen LogP contribution < -0.4 is 16.0 Å². The van der Waals surface area contributed by atoms with E-state index in [1.54, 1.807) is 36.7 Å². The topological polar surface area (TPSA) is 83.1 Å². The molecule has 1 fully saturated rings. The molecule has 3 rings (SSSR count). The Labute approximate surface area is 153 Å². The number of benzene rings is 1. The van der Waals surface area contributed by atoms with Gasteiger partial charge in [-0.3, -0.25) is 14.6 Å². The lowest BCUT2D eigenvalue weighted by Gasteiger charge is -2.20. The second-order valence-corrected chi connectivity index (χ2v) is 6.50. The summed E-state index contributed by atoms with van der Waals surface area (Å²) >= 11 is 0. The van der Waals surface area contributed by atoms with E-state index in [9.17, 15) is 9.59 Å². The first-order valence-corrected chi connectivity index (χ1v) is 8.98. The Morgan fingerprint density at radius 1 is 1.19 bits per heavy atom. The number of aromatic nitrogens is 1. The summed E-state index contributed by atoms with van der Waals surface area (Å²) in [6.07, 6.45) is 5.99. The van der Waals surface area contributed by atoms with E-state index in [0.29, 0.717) is 24.6 Å². The van der Waals surface area contributed by atoms with Gasteiger partial charge in [0.15, 0.2) is 0 Å². The zero-order valence-corrected chi connectivity index (χ0v) is 14.7. The number of carbonyl (C=O) groups is 2. The molecule has 2 atom stereocenters. The van der Waals surface area contributed by atoms with E-state index in [4.69, 9.17) is 0 Å². The van der Waals surface area contributed by atoms with E-state index in [-0.39, 0.29) is 11.8 Å². The summed E-state index contributed by atoms with van der Waals surface area (Å²) in [7, 11) is 0. The van der Waals surface area contributed by atoms with Crippen LogP contribution in [-0.2, 0) is 11.2 Å². The van der Waals surface area contributed by atoms with Gasteiger partial charge in [-0.2, -0.15) is 0 Å². The average molecular weight is 352 g/mol. The van der Waals surface area contributed by atoms with Crippen molar-refractivity contribution >= 4 is 11.8 Å². The lowest BCUT2D eigenvalue weighted by atomic mass is 10.1. The molecule has 6 heteroatoms. The Kier molecular flexibility index (Phi) is 6.33. The third-order valence-electron chi connectivity index (χ3n) is 4.51. The summed E-state index contributed by atoms with van der Waals surface area (Å²) in [6.45, 7) is 1.56. The molecule has 6 nitrogen and oxygen atoms in total. The van der Waals surface area contributed by atoms with E-state index in [0.717, 1.165) is 24.9 Å². The van der Waals surface area contributed by atoms with Crippen LogP contribution in [0.5, 0.6) is 0 Å². The fourth-order valence-electron chi connectivity index (χ4n) is 3.07. The lowest BCUT2D eigenvalue weighted by Crippen LogP contribution is -2.50. The van der Waals surface area contributed by atoms with Gasteiger partial charge in [-0.15, -0.1) is 0 Å². The number of rotatable bonds is 7. The van der Waals surface area contributed by atoms with E-state index in [1.165, 1.54) is 0 Å². The van der Waals surface area contributed by atoms with Crippen LogP contribution >= 0.6 is 0 Å². The minimum absolute atomic E-state index is 0.174. The number of nitrogens with one attached hydrogen (secondary N) is 3. The van der Waals surface area contributed by atoms with Crippen molar-refractivity contribution in [2.75, 3.05) is 13.1 Å². The zero-order chi connectivity index (χ0) is 18.2. The molecule has 0 bridgehead atoms. The van der Waals surface area contributed by atoms with E-state index in [2.05, 4.69) is 20.9 Å². The van der Waals surface area contributed by atoms with E-state index in [1.807, 2.05) is 18.2 Å². The summed E-state index contributed by atoms with van der Waals surface area (Å²) in [5.74, 6) is -0.430. The highest BCUT2D eigenvalue weighted by atomic mass is 16.2. The van der Waals surface area contributed by atoms with Crippen molar-refractivity contribution in [3.05, 3.63) is 66.0 Å². The molecule has 1 aliphatic heterocycles. The van der Waals surface area contributed by atoms with E-state index >= 15 is 0 Å². The third kappa shape index (κ3) is 5.13. The molecule has 2 heterocycles. The summed E-state index contributed by atoms with van der Waals surface area (Å²) in [6, 6.07) is 12.3. The second-order valence-electron chi connectivity index (χ2n) is 6.50. The maximum Gasteiger partial charge on any atom is 0.251 e. The number of hydrogen-bond acceptors (Lipinski definition) is 4. The molecule has 1 saturated heterocycles. The first-order chi connectivity index (χ1) is 12.7. The van der Waals surface area contributed by atoms with Crippen molar-refractivity contribution in [1.82, 2.24) is 20.9 Å². The van der Waals surface area contributed by atoms with Crippen LogP contribution in [0.3, 0.4) is 0 Å². The fourth-order valence-corrected chi connectivity index (χ4v) is 3.07. The first-order valence-electron chi connectivity index (χ1n) is 8.98. The van der Waals surface area contributed by atoms with Crippen LogP contribution in [0.1, 0.15) is 28.8 Å². The molecule has 0 saturated carbocycles. The third-order valence-corrected chi connectivity index (χ3v) is 4.51. The second kappa shape index (κ2) is 9.10. The molecule has 0 aliphatic carbocycles. The number of hydrogen-bond donors (Lipinski definition) is 3. The van der Waals surface area contributed by atoms with Gasteiger partial charge in [0, 0.05) is 37.0 Å². The van der Waals surface area contributed by atoms with Gasteiger partial charge in [0.25, 0.3) is 5.91 Å². The normalized spacial score (nSPS) is 17.5. The standard InChI is InChI=1S/C20H24N4O2/c25-19(16-7-2-1-3-8-16)24-18(12-15-6-4-10-21-13-15)20(26)23-14-17-9-5-11-22-17/h1-4,6-8,10,13,17-18,22H,5,9,11-12,14H2,(H,23,26)(H,24,25). The van der Waals surface area contributed by atoms with Gasteiger partial charge in [-0.05, 0) is 43.1 Å². The van der Waals surface area contributed by atoms with Gasteiger partial charge in [-0.25, -0.2) is 0 Å². The van der Waals surface area contributed by atoms with Crippen molar-refractivity contribution in [2.24, 2.45) is 0 Å². The fraction of sp³-hybridized carbons (Fsp3) is 0.350. The molecule has 0 radical (unpaired) electrons. The molecule has 2 amide bonds.